The normalized spacial score (nSPS) is 21.1. The highest BCUT2D eigenvalue weighted by atomic mass is 16.5. The molecular weight excluding hydrogens is 248 g/mol. The van der Waals surface area contributed by atoms with Crippen LogP contribution in [0.25, 0.3) is 0 Å². The Kier molecular flexibility index (Phi) is 5.86. The second kappa shape index (κ2) is 7.65. The fourth-order valence-corrected chi connectivity index (χ4v) is 3.11. The van der Waals surface area contributed by atoms with Crippen molar-refractivity contribution in [3.05, 3.63) is 29.8 Å². The maximum Gasteiger partial charge on any atom is 0.122 e. The van der Waals surface area contributed by atoms with Crippen molar-refractivity contribution in [3.63, 3.8) is 0 Å². The van der Waals surface area contributed by atoms with Gasteiger partial charge in [-0.15, -0.1) is 0 Å². The number of hydrogen-bond acceptors (Lipinski definition) is 3. The first-order chi connectivity index (χ1) is 9.70. The lowest BCUT2D eigenvalue weighted by Crippen LogP contribution is -2.34. The largest absolute Gasteiger partial charge is 0.496 e. The fraction of sp³-hybridized carbons (Fsp3) is 0.647. The Hall–Kier alpha value is -1.06. The summed E-state index contributed by atoms with van der Waals surface area (Å²) in [5.41, 5.74) is 1.29. The minimum Gasteiger partial charge on any atom is -0.496 e. The van der Waals surface area contributed by atoms with E-state index in [-0.39, 0.29) is 0 Å². The molecule has 0 aliphatic carbocycles. The highest BCUT2D eigenvalue weighted by Gasteiger charge is 2.20. The van der Waals surface area contributed by atoms with E-state index < -0.39 is 0 Å². The van der Waals surface area contributed by atoms with E-state index in [9.17, 15) is 0 Å². The SMILES string of the molecule is COc1ccccc1CC(C)NCCC1CCCN1C. The summed E-state index contributed by atoms with van der Waals surface area (Å²) in [5, 5.41) is 3.65. The van der Waals surface area contributed by atoms with Crippen LogP contribution in [0.2, 0.25) is 0 Å². The van der Waals surface area contributed by atoms with Gasteiger partial charge in [0.05, 0.1) is 7.11 Å². The molecule has 1 saturated heterocycles. The Balaban J connectivity index is 1.73. The lowest BCUT2D eigenvalue weighted by Gasteiger charge is -2.21. The third-order valence-corrected chi connectivity index (χ3v) is 4.36. The molecule has 2 rings (SSSR count). The average Bonchev–Trinajstić information content (AvgIpc) is 2.85. The maximum absolute atomic E-state index is 5.41. The monoisotopic (exact) mass is 276 g/mol. The molecule has 20 heavy (non-hydrogen) atoms. The van der Waals surface area contributed by atoms with Gasteiger partial charge in [0.2, 0.25) is 0 Å². The van der Waals surface area contributed by atoms with Gasteiger partial charge >= 0.3 is 0 Å². The highest BCUT2D eigenvalue weighted by Crippen LogP contribution is 2.19. The maximum atomic E-state index is 5.41. The van der Waals surface area contributed by atoms with Crippen LogP contribution in [-0.4, -0.2) is 44.2 Å². The van der Waals surface area contributed by atoms with Crippen LogP contribution in [0.1, 0.15) is 31.7 Å². The summed E-state index contributed by atoms with van der Waals surface area (Å²) in [5.74, 6) is 0.997. The summed E-state index contributed by atoms with van der Waals surface area (Å²) in [6, 6.07) is 9.56. The summed E-state index contributed by atoms with van der Waals surface area (Å²) >= 11 is 0. The van der Waals surface area contributed by atoms with Crippen LogP contribution in [0, 0.1) is 0 Å². The van der Waals surface area contributed by atoms with Gasteiger partial charge in [-0.25, -0.2) is 0 Å². The summed E-state index contributed by atoms with van der Waals surface area (Å²) in [6.45, 7) is 4.62. The number of methoxy groups -OCH3 is 1. The third-order valence-electron chi connectivity index (χ3n) is 4.36. The van der Waals surface area contributed by atoms with Crippen molar-refractivity contribution in [2.75, 3.05) is 27.2 Å². The summed E-state index contributed by atoms with van der Waals surface area (Å²) in [4.78, 5) is 2.49. The molecule has 0 spiro atoms. The van der Waals surface area contributed by atoms with Gasteiger partial charge in [-0.1, -0.05) is 18.2 Å². The van der Waals surface area contributed by atoms with E-state index in [0.29, 0.717) is 6.04 Å². The molecule has 1 N–H and O–H groups in total. The second-order valence-corrected chi connectivity index (χ2v) is 5.94. The van der Waals surface area contributed by atoms with Crippen molar-refractivity contribution in [2.24, 2.45) is 0 Å². The predicted molar refractivity (Wildman–Crippen MR) is 84.4 cm³/mol. The van der Waals surface area contributed by atoms with E-state index in [4.69, 9.17) is 4.74 Å². The van der Waals surface area contributed by atoms with Crippen molar-refractivity contribution in [1.29, 1.82) is 0 Å². The van der Waals surface area contributed by atoms with E-state index in [1.165, 1.54) is 31.4 Å². The zero-order valence-corrected chi connectivity index (χ0v) is 13.1. The molecular formula is C17H28N2O. The Morgan fingerprint density at radius 1 is 1.40 bits per heavy atom. The van der Waals surface area contributed by atoms with Crippen LogP contribution in [0.15, 0.2) is 24.3 Å². The standard InChI is InChI=1S/C17H28N2O/c1-14(13-15-7-4-5-9-17(15)20-3)18-11-10-16-8-6-12-19(16)2/h4-5,7,9,14,16,18H,6,8,10-13H2,1-3H3. The molecule has 0 saturated carbocycles. The zero-order chi connectivity index (χ0) is 14.4. The van der Waals surface area contributed by atoms with E-state index in [1.54, 1.807) is 7.11 Å². The molecule has 1 aliphatic rings. The quantitative estimate of drug-likeness (QED) is 0.828. The zero-order valence-electron chi connectivity index (χ0n) is 13.1. The Morgan fingerprint density at radius 2 is 2.20 bits per heavy atom. The van der Waals surface area contributed by atoms with Crippen LogP contribution >= 0.6 is 0 Å². The predicted octanol–water partition coefficient (Wildman–Crippen LogP) is 2.70. The van der Waals surface area contributed by atoms with Crippen molar-refractivity contribution in [1.82, 2.24) is 10.2 Å². The molecule has 1 heterocycles. The molecule has 1 fully saturated rings. The number of nitrogens with zero attached hydrogens (tertiary/aromatic N) is 1. The molecule has 112 valence electrons. The van der Waals surface area contributed by atoms with E-state index >= 15 is 0 Å². The molecule has 1 aliphatic heterocycles. The van der Waals surface area contributed by atoms with Crippen molar-refractivity contribution >= 4 is 0 Å². The van der Waals surface area contributed by atoms with E-state index in [2.05, 4.69) is 36.3 Å². The van der Waals surface area contributed by atoms with Crippen molar-refractivity contribution in [3.8, 4) is 5.75 Å². The average molecular weight is 276 g/mol. The molecule has 2 unspecified atom stereocenters. The van der Waals surface area contributed by atoms with Crippen LogP contribution in [-0.2, 0) is 6.42 Å². The molecule has 0 radical (unpaired) electrons. The molecule has 0 bridgehead atoms. The second-order valence-electron chi connectivity index (χ2n) is 5.94. The van der Waals surface area contributed by atoms with E-state index in [0.717, 1.165) is 24.8 Å². The first kappa shape index (κ1) is 15.3. The van der Waals surface area contributed by atoms with Gasteiger partial charge in [0.25, 0.3) is 0 Å². The van der Waals surface area contributed by atoms with Crippen LogP contribution in [0.5, 0.6) is 5.75 Å². The fourth-order valence-electron chi connectivity index (χ4n) is 3.11. The van der Waals surface area contributed by atoms with Gasteiger partial charge in [-0.2, -0.15) is 0 Å². The molecule has 1 aromatic rings. The minimum atomic E-state index is 0.484. The molecule has 3 nitrogen and oxygen atoms in total. The number of rotatable bonds is 7. The first-order valence-corrected chi connectivity index (χ1v) is 7.76. The number of benzene rings is 1. The van der Waals surface area contributed by atoms with Crippen molar-refractivity contribution < 1.29 is 4.74 Å². The summed E-state index contributed by atoms with van der Waals surface area (Å²) in [7, 11) is 3.99. The van der Waals surface area contributed by atoms with Gasteiger partial charge in [-0.3, -0.25) is 0 Å². The van der Waals surface area contributed by atoms with Crippen LogP contribution < -0.4 is 10.1 Å². The number of hydrogen-bond donors (Lipinski definition) is 1. The first-order valence-electron chi connectivity index (χ1n) is 7.76. The van der Waals surface area contributed by atoms with Gasteiger partial charge in [0.1, 0.15) is 5.75 Å². The highest BCUT2D eigenvalue weighted by molar-refractivity contribution is 5.33. The Bertz CT molecular complexity index is 408. The summed E-state index contributed by atoms with van der Waals surface area (Å²) < 4.78 is 5.41. The smallest absolute Gasteiger partial charge is 0.122 e. The number of ether oxygens (including phenoxy) is 1. The van der Waals surface area contributed by atoms with E-state index in [1.807, 2.05) is 12.1 Å². The van der Waals surface area contributed by atoms with Crippen molar-refractivity contribution in [2.45, 2.75) is 44.7 Å². The molecule has 3 heteroatoms. The number of nitrogens with one attached hydrogen (secondary N) is 1. The number of para-hydroxylation sites is 1. The number of likely N-dealkylation sites (tertiary alicyclic amines) is 1. The Labute approximate surface area is 123 Å². The van der Waals surface area contributed by atoms with Gasteiger partial charge in [0, 0.05) is 12.1 Å². The molecule has 0 amide bonds. The van der Waals surface area contributed by atoms with Gasteiger partial charge < -0.3 is 15.0 Å². The summed E-state index contributed by atoms with van der Waals surface area (Å²) in [6.07, 6.45) is 4.99. The minimum absolute atomic E-state index is 0.484. The van der Waals surface area contributed by atoms with Gasteiger partial charge in [-0.05, 0) is 64.4 Å². The molecule has 0 aromatic heterocycles. The third kappa shape index (κ3) is 4.22. The lowest BCUT2D eigenvalue weighted by atomic mass is 10.1. The van der Waals surface area contributed by atoms with Crippen LogP contribution in [0.3, 0.4) is 0 Å². The topological polar surface area (TPSA) is 24.5 Å². The van der Waals surface area contributed by atoms with Gasteiger partial charge in [0.15, 0.2) is 0 Å². The van der Waals surface area contributed by atoms with Crippen LogP contribution in [0.4, 0.5) is 0 Å². The Morgan fingerprint density at radius 3 is 2.90 bits per heavy atom. The lowest BCUT2D eigenvalue weighted by molar-refractivity contribution is 0.290. The molecule has 2 atom stereocenters. The molecule has 1 aromatic carbocycles.